The van der Waals surface area contributed by atoms with Gasteiger partial charge in [0.25, 0.3) is 0 Å². The third kappa shape index (κ3) is 3.39. The van der Waals surface area contributed by atoms with Crippen LogP contribution >= 0.6 is 0 Å². The smallest absolute Gasteiger partial charge is 0 e. The number of hydrogen-bond acceptors (Lipinski definition) is 2. The molecule has 1 radical (unpaired) electrons. The molecular formula is C8H12N2Y-2. The van der Waals surface area contributed by atoms with E-state index in [-0.39, 0.29) is 40.1 Å². The minimum Gasteiger partial charge on any atom is -0.358 e. The van der Waals surface area contributed by atoms with Crippen molar-refractivity contribution in [3.05, 3.63) is 30.4 Å². The van der Waals surface area contributed by atoms with E-state index in [1.807, 2.05) is 20.8 Å². The fraction of sp³-hybridized carbons (Fsp3) is 0.375. The molecule has 0 spiro atoms. The van der Waals surface area contributed by atoms with E-state index >= 15 is 0 Å². The van der Waals surface area contributed by atoms with Crippen LogP contribution < -0.4 is 0 Å². The molecule has 0 fully saturated rings. The number of aromatic nitrogens is 2. The molecule has 1 heterocycles. The summed E-state index contributed by atoms with van der Waals surface area (Å²) in [6.45, 7) is 5.95. The van der Waals surface area contributed by atoms with Gasteiger partial charge in [-0.05, 0) is 12.6 Å². The van der Waals surface area contributed by atoms with Crippen LogP contribution in [-0.4, -0.2) is 10.2 Å². The van der Waals surface area contributed by atoms with Crippen molar-refractivity contribution in [2.45, 2.75) is 20.8 Å². The predicted molar refractivity (Wildman–Crippen MR) is 41.5 cm³/mol. The molecular weight excluding hydrogens is 213 g/mol. The van der Waals surface area contributed by atoms with Gasteiger partial charge in [-0.15, -0.1) is 13.1 Å². The molecule has 0 atom stereocenters. The van der Waals surface area contributed by atoms with Crippen molar-refractivity contribution < 1.29 is 32.7 Å². The fourth-order valence-corrected chi connectivity index (χ4v) is 0.605. The van der Waals surface area contributed by atoms with Crippen molar-refractivity contribution >= 4 is 0 Å². The zero-order chi connectivity index (χ0) is 6.85. The van der Waals surface area contributed by atoms with E-state index in [1.165, 1.54) is 5.56 Å². The summed E-state index contributed by atoms with van der Waals surface area (Å²) in [5.74, 6) is 0. The molecule has 11 heavy (non-hydrogen) atoms. The molecule has 0 aromatic carbocycles. The first-order chi connectivity index (χ1) is 4.22. The second kappa shape index (κ2) is 5.79. The van der Waals surface area contributed by atoms with Crippen molar-refractivity contribution in [2.75, 3.05) is 0 Å². The number of hydrogen-bond donors (Lipinski definition) is 0. The van der Waals surface area contributed by atoms with Crippen LogP contribution in [0, 0.1) is 34.4 Å². The van der Waals surface area contributed by atoms with Crippen LogP contribution in [0.4, 0.5) is 0 Å². The van der Waals surface area contributed by atoms with Gasteiger partial charge in [0.1, 0.15) is 0 Å². The Balaban J connectivity index is 0. The van der Waals surface area contributed by atoms with E-state index in [2.05, 4.69) is 16.4 Å². The zero-order valence-corrected chi connectivity index (χ0v) is 10.3. The molecule has 0 aliphatic carbocycles. The Bertz CT molecular complexity index is 203. The third-order valence-corrected chi connectivity index (χ3v) is 1.52. The summed E-state index contributed by atoms with van der Waals surface area (Å²) in [5.41, 5.74) is 3.26. The first kappa shape index (κ1) is 13.8. The van der Waals surface area contributed by atoms with Gasteiger partial charge in [0.2, 0.25) is 0 Å². The molecule has 1 rings (SSSR count). The summed E-state index contributed by atoms with van der Waals surface area (Å²) in [6, 6.07) is 0. The Labute approximate surface area is 93.7 Å². The minimum atomic E-state index is 0. The van der Waals surface area contributed by atoms with Crippen molar-refractivity contribution in [3.63, 3.8) is 0 Å². The molecule has 0 amide bonds. The maximum absolute atomic E-state index is 3.83. The Kier molecular flexibility index (Phi) is 7.23. The molecule has 0 N–H and O–H groups in total. The Morgan fingerprint density at radius 1 is 1.18 bits per heavy atom. The van der Waals surface area contributed by atoms with E-state index in [0.717, 1.165) is 11.3 Å². The van der Waals surface area contributed by atoms with Crippen LogP contribution in [0.25, 0.3) is 0 Å². The normalized spacial score (nSPS) is 7.91. The van der Waals surface area contributed by atoms with Gasteiger partial charge in [0.05, 0.1) is 0 Å². The van der Waals surface area contributed by atoms with Crippen molar-refractivity contribution in [1.29, 1.82) is 0 Å². The van der Waals surface area contributed by atoms with Gasteiger partial charge < -0.3 is 7.43 Å². The molecule has 0 saturated heterocycles. The molecule has 3 heteroatoms. The Hall–Kier alpha value is 0.184. The molecule has 2 nitrogen and oxygen atoms in total. The van der Waals surface area contributed by atoms with Gasteiger partial charge in [-0.1, -0.05) is 6.92 Å². The second-order valence-corrected chi connectivity index (χ2v) is 2.15. The Morgan fingerprint density at radius 3 is 2.09 bits per heavy atom. The summed E-state index contributed by atoms with van der Waals surface area (Å²) in [4.78, 5) is 0. The first-order valence-corrected chi connectivity index (χ1v) is 2.90. The van der Waals surface area contributed by atoms with Crippen molar-refractivity contribution in [2.24, 2.45) is 0 Å². The fourth-order valence-electron chi connectivity index (χ4n) is 0.605. The van der Waals surface area contributed by atoms with Crippen LogP contribution in [0.3, 0.4) is 0 Å². The largest absolute Gasteiger partial charge is 0.358 e. The van der Waals surface area contributed by atoms with Crippen LogP contribution in [0.5, 0.6) is 0 Å². The molecule has 0 aliphatic heterocycles. The van der Waals surface area contributed by atoms with Gasteiger partial charge in [-0.3, -0.25) is 5.10 Å². The molecule has 1 aromatic rings. The van der Waals surface area contributed by atoms with Gasteiger partial charge in [-0.2, -0.15) is 16.2 Å². The average Bonchev–Trinajstić information content (AvgIpc) is 1.83. The van der Waals surface area contributed by atoms with Crippen LogP contribution in [0.1, 0.15) is 16.8 Å². The van der Waals surface area contributed by atoms with Gasteiger partial charge in [0.15, 0.2) is 0 Å². The summed E-state index contributed by atoms with van der Waals surface area (Å²) < 4.78 is 0. The number of aryl methyl sites for hydroxylation is 2. The van der Waals surface area contributed by atoms with Crippen LogP contribution in [0.15, 0.2) is 0 Å². The molecule has 0 aliphatic rings. The van der Waals surface area contributed by atoms with Crippen LogP contribution in [0.2, 0.25) is 0 Å². The average molecular weight is 225 g/mol. The SMILES string of the molecule is Cc1[c-]nnc(C)c1C.[CH3-].[Y]. The summed E-state index contributed by atoms with van der Waals surface area (Å²) in [6.07, 6.45) is 2.78. The quantitative estimate of drug-likeness (QED) is 0.627. The molecule has 1 aromatic heterocycles. The van der Waals surface area contributed by atoms with Crippen molar-refractivity contribution in [3.8, 4) is 0 Å². The minimum absolute atomic E-state index is 0. The van der Waals surface area contributed by atoms with E-state index in [4.69, 9.17) is 0 Å². The predicted octanol–water partition coefficient (Wildman–Crippen LogP) is 1.65. The third-order valence-electron chi connectivity index (χ3n) is 1.52. The number of nitrogens with zero attached hydrogens (tertiary/aromatic N) is 2. The molecule has 0 unspecified atom stereocenters. The standard InChI is InChI=1S/C7H9N2.CH3.Y/c1-5-4-8-9-7(3)6(5)2;;/h1-3H3;1H3;/q2*-1;. The molecule has 0 bridgehead atoms. The van der Waals surface area contributed by atoms with Crippen LogP contribution in [-0.2, 0) is 32.7 Å². The van der Waals surface area contributed by atoms with E-state index in [1.54, 1.807) is 0 Å². The number of rotatable bonds is 0. The maximum Gasteiger partial charge on any atom is 0 e. The topological polar surface area (TPSA) is 25.8 Å². The monoisotopic (exact) mass is 225 g/mol. The summed E-state index contributed by atoms with van der Waals surface area (Å²) in [7, 11) is 0. The zero-order valence-electron chi connectivity index (χ0n) is 7.47. The van der Waals surface area contributed by atoms with Gasteiger partial charge >= 0.3 is 0 Å². The Morgan fingerprint density at radius 2 is 1.73 bits per heavy atom. The first-order valence-electron chi connectivity index (χ1n) is 2.90. The summed E-state index contributed by atoms with van der Waals surface area (Å²) in [5, 5.41) is 7.50. The van der Waals surface area contributed by atoms with Gasteiger partial charge in [-0.25, -0.2) is 0 Å². The van der Waals surface area contributed by atoms with Crippen molar-refractivity contribution in [1.82, 2.24) is 10.2 Å². The van der Waals surface area contributed by atoms with E-state index < -0.39 is 0 Å². The maximum atomic E-state index is 3.83. The molecule has 59 valence electrons. The second-order valence-electron chi connectivity index (χ2n) is 2.15. The van der Waals surface area contributed by atoms with Gasteiger partial charge in [0, 0.05) is 32.7 Å². The van der Waals surface area contributed by atoms with E-state index in [9.17, 15) is 0 Å². The summed E-state index contributed by atoms with van der Waals surface area (Å²) >= 11 is 0. The molecule has 0 saturated carbocycles. The van der Waals surface area contributed by atoms with E-state index in [0.29, 0.717) is 0 Å².